The summed E-state index contributed by atoms with van der Waals surface area (Å²) in [6.45, 7) is 0.131. The van der Waals surface area contributed by atoms with Crippen molar-refractivity contribution in [2.24, 2.45) is 17.6 Å². The monoisotopic (exact) mass is 580 g/mol. The fourth-order valence-corrected chi connectivity index (χ4v) is 6.80. The summed E-state index contributed by atoms with van der Waals surface area (Å²) < 4.78 is 65.9. The maximum Gasteiger partial charge on any atom is 0.417 e. The molecule has 2 aliphatic carbocycles. The van der Waals surface area contributed by atoms with Crippen LogP contribution in [0, 0.1) is 17.7 Å². The van der Waals surface area contributed by atoms with Gasteiger partial charge in [0.25, 0.3) is 5.91 Å². The smallest absolute Gasteiger partial charge is 0.417 e. The third kappa shape index (κ3) is 4.84. The molecule has 10 nitrogen and oxygen atoms in total. The topological polar surface area (TPSA) is 135 Å². The number of methoxy groups -OCH3 is 1. The van der Waals surface area contributed by atoms with Gasteiger partial charge >= 0.3 is 6.18 Å². The van der Waals surface area contributed by atoms with Crippen LogP contribution in [0.1, 0.15) is 55.4 Å². The van der Waals surface area contributed by atoms with Gasteiger partial charge in [0.1, 0.15) is 0 Å². The van der Waals surface area contributed by atoms with Gasteiger partial charge in [-0.25, -0.2) is 9.37 Å². The number of amides is 2. The molecule has 0 radical (unpaired) electrons. The van der Waals surface area contributed by atoms with E-state index >= 15 is 0 Å². The van der Waals surface area contributed by atoms with E-state index in [1.165, 1.54) is 19.2 Å². The van der Waals surface area contributed by atoms with Crippen LogP contribution in [0.2, 0.25) is 0 Å². The van der Waals surface area contributed by atoms with Crippen LogP contribution in [0.5, 0.6) is 5.88 Å². The Hall–Kier alpha value is -3.26. The second-order valence-electron chi connectivity index (χ2n) is 11.7. The summed E-state index contributed by atoms with van der Waals surface area (Å²) in [4.78, 5) is 32.4. The molecule has 6 rings (SSSR count). The van der Waals surface area contributed by atoms with Crippen molar-refractivity contribution in [2.75, 3.05) is 20.3 Å². The molecule has 2 aromatic rings. The zero-order valence-electron chi connectivity index (χ0n) is 22.5. The standard InChI is InChI=1S/C27H32F4N6O4/c1-40-22-8-15(17(28)12-33-22)20-9-21(36-35-20)24(39)37-7-3-14(10-25(37)5-6-25)23(38)34-19-2-4-26(27(29,30)31)11-16(19)18(32)13-41-26/h8-9,12,14,16,18-19H,2-7,10-11,13,32H2,1H3,(H,34,38)(H,35,36)/t14-,16?,18+,19+,26+/m0/s1. The van der Waals surface area contributed by atoms with Crippen LogP contribution in [-0.2, 0) is 9.53 Å². The molecule has 5 atom stereocenters. The number of aromatic amines is 1. The Bertz CT molecular complexity index is 1350. The second-order valence-corrected chi connectivity index (χ2v) is 11.7. The lowest BCUT2D eigenvalue weighted by Gasteiger charge is -2.51. The highest BCUT2D eigenvalue weighted by Gasteiger charge is 2.62. The predicted molar refractivity (Wildman–Crippen MR) is 136 cm³/mol. The largest absolute Gasteiger partial charge is 0.481 e. The zero-order chi connectivity index (χ0) is 29.2. The maximum absolute atomic E-state index is 14.4. The molecule has 4 heterocycles. The number of carbonyl (C=O) groups excluding carboxylic acids is 2. The Labute approximate surface area is 233 Å². The number of rotatable bonds is 5. The molecule has 4 N–H and O–H groups in total. The van der Waals surface area contributed by atoms with Crippen molar-refractivity contribution in [3.05, 3.63) is 29.8 Å². The van der Waals surface area contributed by atoms with E-state index in [4.69, 9.17) is 15.2 Å². The molecule has 4 fully saturated rings. The van der Waals surface area contributed by atoms with Crippen molar-refractivity contribution in [2.45, 2.75) is 74.3 Å². The Morgan fingerprint density at radius 2 is 2.00 bits per heavy atom. The highest BCUT2D eigenvalue weighted by atomic mass is 19.4. The molecule has 0 aromatic carbocycles. The second kappa shape index (κ2) is 9.93. The molecule has 41 heavy (non-hydrogen) atoms. The summed E-state index contributed by atoms with van der Waals surface area (Å²) in [6.07, 6.45) is -1.48. The molecule has 2 saturated heterocycles. The number of halogens is 4. The van der Waals surface area contributed by atoms with Gasteiger partial charge in [-0.15, -0.1) is 0 Å². The molecular formula is C27H32F4N6O4. The van der Waals surface area contributed by atoms with Crippen LogP contribution in [0.25, 0.3) is 11.3 Å². The molecule has 2 bridgehead atoms. The van der Waals surface area contributed by atoms with E-state index in [1.54, 1.807) is 4.90 Å². The number of ether oxygens (including phenoxy) is 2. The van der Waals surface area contributed by atoms with Gasteiger partial charge in [-0.2, -0.15) is 18.3 Å². The lowest BCUT2D eigenvalue weighted by atomic mass is 9.69. The number of nitrogens with two attached hydrogens (primary N) is 1. The minimum absolute atomic E-state index is 0.133. The molecule has 1 unspecified atom stereocenters. The van der Waals surface area contributed by atoms with Gasteiger partial charge in [0, 0.05) is 41.7 Å². The third-order valence-corrected chi connectivity index (χ3v) is 9.36. The zero-order valence-corrected chi connectivity index (χ0v) is 22.5. The van der Waals surface area contributed by atoms with E-state index in [9.17, 15) is 27.2 Å². The van der Waals surface area contributed by atoms with E-state index in [1.807, 2.05) is 0 Å². The normalized spacial score (nSPS) is 30.6. The van der Waals surface area contributed by atoms with Crippen molar-refractivity contribution in [3.8, 4) is 17.1 Å². The Kier molecular flexibility index (Phi) is 6.76. The molecule has 4 aliphatic rings. The van der Waals surface area contributed by atoms with Gasteiger partial charge in [-0.3, -0.25) is 14.7 Å². The summed E-state index contributed by atoms with van der Waals surface area (Å²) in [5, 5.41) is 9.84. The van der Waals surface area contributed by atoms with Crippen LogP contribution in [0.15, 0.2) is 18.3 Å². The van der Waals surface area contributed by atoms with Crippen molar-refractivity contribution >= 4 is 11.8 Å². The molecule has 2 amide bonds. The molecule has 2 aliphatic heterocycles. The molecule has 1 spiro atoms. The number of piperidine rings is 1. The van der Waals surface area contributed by atoms with Crippen LogP contribution in [0.4, 0.5) is 17.6 Å². The number of carbonyl (C=O) groups is 2. The first-order valence-electron chi connectivity index (χ1n) is 13.8. The number of H-pyrrole nitrogens is 1. The first-order valence-corrected chi connectivity index (χ1v) is 13.8. The molecule has 2 saturated carbocycles. The average molecular weight is 581 g/mol. The van der Waals surface area contributed by atoms with Gasteiger partial charge in [0.05, 0.1) is 25.6 Å². The van der Waals surface area contributed by atoms with Crippen LogP contribution in [-0.4, -0.2) is 81.6 Å². The number of pyridine rings is 1. The number of fused-ring (bicyclic) bond motifs is 2. The summed E-state index contributed by atoms with van der Waals surface area (Å²) in [6, 6.07) is 1.84. The van der Waals surface area contributed by atoms with Crippen LogP contribution >= 0.6 is 0 Å². The highest BCUT2D eigenvalue weighted by molar-refractivity contribution is 5.94. The summed E-state index contributed by atoms with van der Waals surface area (Å²) in [5.41, 5.74) is 4.06. The number of likely N-dealkylation sites (tertiary alicyclic amines) is 1. The average Bonchev–Trinajstić information content (AvgIpc) is 3.52. The van der Waals surface area contributed by atoms with Gasteiger partial charge in [-0.1, -0.05) is 0 Å². The number of hydrogen-bond donors (Lipinski definition) is 3. The Balaban J connectivity index is 1.11. The van der Waals surface area contributed by atoms with Crippen molar-refractivity contribution in [1.82, 2.24) is 25.4 Å². The summed E-state index contributed by atoms with van der Waals surface area (Å²) >= 11 is 0. The van der Waals surface area contributed by atoms with Crippen molar-refractivity contribution < 1.29 is 36.6 Å². The van der Waals surface area contributed by atoms with Gasteiger partial charge < -0.3 is 25.4 Å². The van der Waals surface area contributed by atoms with Crippen LogP contribution < -0.4 is 15.8 Å². The first kappa shape index (κ1) is 27.9. The number of nitrogens with zero attached hydrogens (tertiary/aromatic N) is 3. The number of alkyl halides is 3. The lowest BCUT2D eigenvalue weighted by Crippen LogP contribution is -2.65. The maximum atomic E-state index is 14.4. The molecule has 222 valence electrons. The van der Waals surface area contributed by atoms with E-state index in [0.29, 0.717) is 25.1 Å². The van der Waals surface area contributed by atoms with Crippen molar-refractivity contribution in [3.63, 3.8) is 0 Å². The number of nitrogens with one attached hydrogen (secondary N) is 2. The predicted octanol–water partition coefficient (Wildman–Crippen LogP) is 2.95. The van der Waals surface area contributed by atoms with Gasteiger partial charge in [0.2, 0.25) is 11.8 Å². The van der Waals surface area contributed by atoms with Crippen LogP contribution in [0.3, 0.4) is 0 Å². The van der Waals surface area contributed by atoms with E-state index in [-0.39, 0.29) is 60.7 Å². The number of aromatic nitrogens is 3. The molecule has 14 heteroatoms. The SMILES string of the molecule is COc1cc(-c2cc(C(=O)N3CC[C@H](C(=O)N[C@@H]4CC[C@]5(C(F)(F)F)CC4[C@H](N)CO5)CC34CC4)n[nH]2)c(F)cn1. The summed E-state index contributed by atoms with van der Waals surface area (Å²) in [7, 11) is 1.41. The quantitative estimate of drug-likeness (QED) is 0.463. The molecular weight excluding hydrogens is 548 g/mol. The summed E-state index contributed by atoms with van der Waals surface area (Å²) in [5.74, 6) is -1.81. The van der Waals surface area contributed by atoms with E-state index < -0.39 is 41.1 Å². The fourth-order valence-electron chi connectivity index (χ4n) is 6.80. The lowest BCUT2D eigenvalue weighted by molar-refractivity contribution is -0.309. The molecule has 2 aromatic heterocycles. The van der Waals surface area contributed by atoms with Crippen molar-refractivity contribution in [1.29, 1.82) is 0 Å². The minimum Gasteiger partial charge on any atom is -0.481 e. The van der Waals surface area contributed by atoms with E-state index in [0.717, 1.165) is 19.0 Å². The van der Waals surface area contributed by atoms with Gasteiger partial charge in [-0.05, 0) is 56.9 Å². The van der Waals surface area contributed by atoms with E-state index in [2.05, 4.69) is 20.5 Å². The van der Waals surface area contributed by atoms with Gasteiger partial charge in [0.15, 0.2) is 17.1 Å². The third-order valence-electron chi connectivity index (χ3n) is 9.36. The Morgan fingerprint density at radius 1 is 1.22 bits per heavy atom. The number of hydrogen-bond acceptors (Lipinski definition) is 7. The minimum atomic E-state index is -4.49. The highest BCUT2D eigenvalue weighted by Crippen LogP contribution is 2.52. The Morgan fingerprint density at radius 3 is 2.71 bits per heavy atom. The first-order chi connectivity index (χ1) is 19.5. The fraction of sp³-hybridized carbons (Fsp3) is 0.630.